The number of hydrogen-bond acceptors (Lipinski definition) is 5. The van der Waals surface area contributed by atoms with Gasteiger partial charge in [-0.1, -0.05) is 0 Å². The summed E-state index contributed by atoms with van der Waals surface area (Å²) < 4.78 is 27.3. The second-order valence-corrected chi connectivity index (χ2v) is 8.54. The molecule has 6 nitrogen and oxygen atoms in total. The van der Waals surface area contributed by atoms with Crippen LogP contribution in [-0.2, 0) is 14.8 Å². The Kier molecular flexibility index (Phi) is 4.11. The van der Waals surface area contributed by atoms with Crippen molar-refractivity contribution in [2.24, 2.45) is 0 Å². The summed E-state index contributed by atoms with van der Waals surface area (Å²) in [4.78, 5) is 19.5. The Morgan fingerprint density at radius 2 is 2.09 bits per heavy atom. The highest BCUT2D eigenvalue weighted by Gasteiger charge is 2.23. The smallest absolute Gasteiger partial charge is 0.264 e. The van der Waals surface area contributed by atoms with Crippen molar-refractivity contribution in [3.8, 4) is 0 Å². The lowest BCUT2D eigenvalue weighted by atomic mass is 10.3. The Hall–Kier alpha value is -1.93. The predicted molar refractivity (Wildman–Crippen MR) is 90.4 cm³/mol. The number of amides is 1. The van der Waals surface area contributed by atoms with E-state index in [-0.39, 0.29) is 16.6 Å². The van der Waals surface area contributed by atoms with Gasteiger partial charge in [-0.2, -0.15) is 0 Å². The molecule has 0 bridgehead atoms. The molecule has 0 unspecified atom stereocenters. The number of carbonyl (C=O) groups excluding carboxylic acids is 1. The molecule has 2 aromatic rings. The maximum atomic E-state index is 12.4. The topological polar surface area (TPSA) is 79.4 Å². The summed E-state index contributed by atoms with van der Waals surface area (Å²) in [5.41, 5.74) is 0.693. The molecule has 0 aromatic carbocycles. The van der Waals surface area contributed by atoms with Crippen molar-refractivity contribution in [1.29, 1.82) is 0 Å². The monoisotopic (exact) mass is 351 g/mol. The number of aryl methyl sites for hydroxylation is 2. The number of aromatic nitrogens is 1. The van der Waals surface area contributed by atoms with Gasteiger partial charge in [0, 0.05) is 22.7 Å². The van der Waals surface area contributed by atoms with E-state index in [9.17, 15) is 13.2 Å². The zero-order chi connectivity index (χ0) is 16.6. The average molecular weight is 351 g/mol. The third kappa shape index (κ3) is 3.23. The molecule has 1 saturated heterocycles. The van der Waals surface area contributed by atoms with Crippen molar-refractivity contribution in [2.45, 2.75) is 31.6 Å². The van der Waals surface area contributed by atoms with Crippen molar-refractivity contribution in [3.05, 3.63) is 34.2 Å². The fourth-order valence-corrected chi connectivity index (χ4v) is 5.16. The molecule has 1 fully saturated rings. The zero-order valence-corrected chi connectivity index (χ0v) is 14.5. The first-order valence-corrected chi connectivity index (χ1v) is 9.53. The Morgan fingerprint density at radius 3 is 2.61 bits per heavy atom. The van der Waals surface area contributed by atoms with Gasteiger partial charge >= 0.3 is 0 Å². The van der Waals surface area contributed by atoms with Gasteiger partial charge < -0.3 is 4.90 Å². The van der Waals surface area contributed by atoms with Crippen molar-refractivity contribution in [2.75, 3.05) is 16.2 Å². The summed E-state index contributed by atoms with van der Waals surface area (Å²) in [5, 5.41) is 0. The van der Waals surface area contributed by atoms with Crippen LogP contribution in [0.2, 0.25) is 0 Å². The van der Waals surface area contributed by atoms with Crippen molar-refractivity contribution >= 4 is 38.8 Å². The van der Waals surface area contributed by atoms with Gasteiger partial charge in [-0.05, 0) is 38.5 Å². The van der Waals surface area contributed by atoms with E-state index in [1.165, 1.54) is 17.5 Å². The van der Waals surface area contributed by atoms with Gasteiger partial charge in [-0.25, -0.2) is 13.4 Å². The molecule has 122 valence electrons. The SMILES string of the molecule is Cc1cc(S(=O)(=O)Nc2ccc(N3CCCC3=O)cn2)c(C)s1. The van der Waals surface area contributed by atoms with Crippen LogP contribution in [0.5, 0.6) is 0 Å². The summed E-state index contributed by atoms with van der Waals surface area (Å²) >= 11 is 1.44. The summed E-state index contributed by atoms with van der Waals surface area (Å²) in [6.45, 7) is 4.33. The summed E-state index contributed by atoms with van der Waals surface area (Å²) in [7, 11) is -3.65. The molecule has 0 radical (unpaired) electrons. The largest absolute Gasteiger partial charge is 0.311 e. The van der Waals surface area contributed by atoms with Crippen LogP contribution in [0.1, 0.15) is 22.6 Å². The first kappa shape index (κ1) is 15.9. The van der Waals surface area contributed by atoms with Gasteiger partial charge in [-0.15, -0.1) is 11.3 Å². The van der Waals surface area contributed by atoms with Crippen LogP contribution in [0.15, 0.2) is 29.3 Å². The van der Waals surface area contributed by atoms with Crippen LogP contribution in [0.4, 0.5) is 11.5 Å². The molecule has 0 saturated carbocycles. The Balaban J connectivity index is 1.80. The lowest BCUT2D eigenvalue weighted by Crippen LogP contribution is -2.23. The van der Waals surface area contributed by atoms with Crippen LogP contribution in [0, 0.1) is 13.8 Å². The van der Waals surface area contributed by atoms with Gasteiger partial charge in [0.25, 0.3) is 10.0 Å². The third-order valence-electron chi connectivity index (χ3n) is 3.66. The molecule has 2 aromatic heterocycles. The number of carbonyl (C=O) groups is 1. The highest BCUT2D eigenvalue weighted by Crippen LogP contribution is 2.27. The Bertz CT molecular complexity index is 841. The fourth-order valence-electron chi connectivity index (χ4n) is 2.59. The summed E-state index contributed by atoms with van der Waals surface area (Å²) in [6, 6.07) is 4.94. The van der Waals surface area contributed by atoms with Crippen molar-refractivity contribution in [3.63, 3.8) is 0 Å². The quantitative estimate of drug-likeness (QED) is 0.918. The molecule has 1 aliphatic rings. The second kappa shape index (κ2) is 5.93. The van der Waals surface area contributed by atoms with Crippen LogP contribution in [0.3, 0.4) is 0 Å². The van der Waals surface area contributed by atoms with Crippen LogP contribution in [-0.4, -0.2) is 25.9 Å². The van der Waals surface area contributed by atoms with E-state index in [2.05, 4.69) is 9.71 Å². The van der Waals surface area contributed by atoms with Gasteiger partial charge in [0.1, 0.15) is 10.7 Å². The molecule has 23 heavy (non-hydrogen) atoms. The summed E-state index contributed by atoms with van der Waals surface area (Å²) in [5.74, 6) is 0.313. The standard InChI is InChI=1S/C15H17N3O3S2/c1-10-8-13(11(2)22-10)23(20,21)17-14-6-5-12(9-16-14)18-7-3-4-15(18)19/h5-6,8-9H,3-4,7H2,1-2H3,(H,16,17). The number of sulfonamides is 1. The lowest BCUT2D eigenvalue weighted by molar-refractivity contribution is -0.117. The molecule has 1 N–H and O–H groups in total. The van der Waals surface area contributed by atoms with E-state index < -0.39 is 10.0 Å². The van der Waals surface area contributed by atoms with E-state index in [0.29, 0.717) is 18.7 Å². The molecule has 1 aliphatic heterocycles. The van der Waals surface area contributed by atoms with E-state index >= 15 is 0 Å². The molecule has 3 heterocycles. The average Bonchev–Trinajstić information content (AvgIpc) is 3.05. The van der Waals surface area contributed by atoms with Crippen molar-refractivity contribution < 1.29 is 13.2 Å². The molecule has 0 spiro atoms. The van der Waals surface area contributed by atoms with E-state index in [1.807, 2.05) is 6.92 Å². The van der Waals surface area contributed by atoms with E-state index in [0.717, 1.165) is 16.2 Å². The number of pyridine rings is 1. The first-order chi connectivity index (χ1) is 10.9. The minimum Gasteiger partial charge on any atom is -0.311 e. The number of rotatable bonds is 4. The Labute approximate surface area is 139 Å². The fraction of sp³-hybridized carbons (Fsp3) is 0.333. The molecule has 1 amide bonds. The molecule has 0 atom stereocenters. The van der Waals surface area contributed by atoms with Crippen LogP contribution >= 0.6 is 11.3 Å². The number of thiophene rings is 1. The number of hydrogen-bond donors (Lipinski definition) is 1. The van der Waals surface area contributed by atoms with Crippen molar-refractivity contribution in [1.82, 2.24) is 4.98 Å². The summed E-state index contributed by atoms with van der Waals surface area (Å²) in [6.07, 6.45) is 2.90. The molecule has 0 aliphatic carbocycles. The third-order valence-corrected chi connectivity index (χ3v) is 6.23. The molecule has 3 rings (SSSR count). The van der Waals surface area contributed by atoms with Gasteiger partial charge in [-0.3, -0.25) is 9.52 Å². The maximum absolute atomic E-state index is 12.4. The zero-order valence-electron chi connectivity index (χ0n) is 12.9. The van der Waals surface area contributed by atoms with E-state index in [1.54, 1.807) is 30.0 Å². The minimum absolute atomic E-state index is 0.0736. The maximum Gasteiger partial charge on any atom is 0.264 e. The molecular formula is C15H17N3O3S2. The second-order valence-electron chi connectivity index (χ2n) is 5.43. The minimum atomic E-state index is -3.65. The van der Waals surface area contributed by atoms with E-state index in [4.69, 9.17) is 0 Å². The molecule has 8 heteroatoms. The number of anilines is 2. The lowest BCUT2D eigenvalue weighted by Gasteiger charge is -2.15. The van der Waals surface area contributed by atoms with Gasteiger partial charge in [0.2, 0.25) is 5.91 Å². The highest BCUT2D eigenvalue weighted by molar-refractivity contribution is 7.93. The van der Waals surface area contributed by atoms with Gasteiger partial charge in [0.15, 0.2) is 0 Å². The van der Waals surface area contributed by atoms with Crippen LogP contribution < -0.4 is 9.62 Å². The first-order valence-electron chi connectivity index (χ1n) is 7.23. The van der Waals surface area contributed by atoms with Crippen LogP contribution in [0.25, 0.3) is 0 Å². The molecular weight excluding hydrogens is 334 g/mol. The normalized spacial score (nSPS) is 15.2. The number of nitrogens with zero attached hydrogens (tertiary/aromatic N) is 2. The predicted octanol–water partition coefficient (Wildman–Crippen LogP) is 2.69. The highest BCUT2D eigenvalue weighted by atomic mass is 32.2. The number of nitrogens with one attached hydrogen (secondary N) is 1. The van der Waals surface area contributed by atoms with Gasteiger partial charge in [0.05, 0.1) is 11.9 Å². The Morgan fingerprint density at radius 1 is 1.30 bits per heavy atom.